The third-order valence-corrected chi connectivity index (χ3v) is 0.365. The molecule has 5 N–H and O–H groups in total. The molecule has 0 spiro atoms. The third-order valence-electron chi connectivity index (χ3n) is 0.365. The van der Waals surface area contributed by atoms with Crippen molar-refractivity contribution in [2.45, 2.75) is 6.92 Å². The summed E-state index contributed by atoms with van der Waals surface area (Å²) in [5.74, 6) is -0.935. The minimum atomic E-state index is -0.935. The Morgan fingerprint density at radius 1 is 1.50 bits per heavy atom. The molecule has 0 aromatic rings. The number of hydrogen-bond acceptors (Lipinski definition) is 2. The number of primary amides is 2. The van der Waals surface area contributed by atoms with E-state index in [1.165, 1.54) is 6.92 Å². The molecule has 0 aliphatic heterocycles. The van der Waals surface area contributed by atoms with E-state index in [9.17, 15) is 4.79 Å². The van der Waals surface area contributed by atoms with Crippen LogP contribution < -0.4 is 11.5 Å². The number of carbonyl (C=O) groups is 2. The van der Waals surface area contributed by atoms with Crippen LogP contribution in [0.25, 0.3) is 0 Å². The summed E-state index contributed by atoms with van der Waals surface area (Å²) in [7, 11) is 0. The fourth-order valence-electron chi connectivity index (χ4n) is 0. The first kappa shape index (κ1) is 11.3. The molecule has 0 aliphatic carbocycles. The zero-order valence-electron chi connectivity index (χ0n) is 5.63. The number of hydrogen-bond donors (Lipinski definition) is 3. The topological polar surface area (TPSA) is 106 Å². The molecule has 0 fully saturated rings. The lowest BCUT2D eigenvalue weighted by atomic mass is 10.4. The van der Waals surface area contributed by atoms with Crippen LogP contribution in [0, 0.1) is 0 Å². The highest BCUT2D eigenvalue weighted by Crippen LogP contribution is 1.81. The Bertz CT molecular complexity index is 142. The number of aliphatic carboxylic acids is 1. The molecule has 0 aromatic carbocycles. The van der Waals surface area contributed by atoms with Crippen LogP contribution in [0.1, 0.15) is 8.35 Å². The molecule has 0 saturated heterocycles. The number of rotatable bonds is 1. The van der Waals surface area contributed by atoms with Crippen molar-refractivity contribution >= 4 is 12.0 Å². The van der Waals surface area contributed by atoms with Gasteiger partial charge in [-0.1, -0.05) is 6.58 Å². The fourth-order valence-corrected chi connectivity index (χ4v) is 0. The Hall–Kier alpha value is -1.52. The van der Waals surface area contributed by atoms with Crippen molar-refractivity contribution < 1.29 is 16.1 Å². The molecule has 0 rings (SSSR count). The number of amides is 2. The predicted octanol–water partition coefficient (Wildman–Crippen LogP) is -0.0831. The normalized spacial score (nSPS) is 6.90. The highest BCUT2D eigenvalue weighted by atomic mass is 16.4. The Kier molecular flexibility index (Phi) is 6.34. The van der Waals surface area contributed by atoms with Crippen molar-refractivity contribution in [2.75, 3.05) is 0 Å². The molecule has 0 aliphatic rings. The SMILES string of the molecule is C=C(C)C(=O)O.NC(N)=O.[HH]. The van der Waals surface area contributed by atoms with Crippen molar-refractivity contribution in [1.29, 1.82) is 0 Å². The van der Waals surface area contributed by atoms with E-state index < -0.39 is 12.0 Å². The van der Waals surface area contributed by atoms with Gasteiger partial charge in [0.2, 0.25) is 0 Å². The summed E-state index contributed by atoms with van der Waals surface area (Å²) in [4.78, 5) is 18.6. The first-order valence-electron chi connectivity index (χ1n) is 2.31. The molecule has 0 heterocycles. The van der Waals surface area contributed by atoms with Gasteiger partial charge < -0.3 is 16.6 Å². The van der Waals surface area contributed by atoms with Crippen LogP contribution in [0.2, 0.25) is 0 Å². The van der Waals surface area contributed by atoms with Crippen LogP contribution in [-0.4, -0.2) is 17.1 Å². The average Bonchev–Trinajstić information content (AvgIpc) is 1.63. The van der Waals surface area contributed by atoms with Crippen molar-refractivity contribution in [3.8, 4) is 0 Å². The first-order chi connectivity index (χ1) is 4.37. The minimum Gasteiger partial charge on any atom is -0.478 e. The van der Waals surface area contributed by atoms with E-state index in [2.05, 4.69) is 18.0 Å². The molecule has 2 amide bonds. The number of nitrogens with two attached hydrogens (primary N) is 2. The molecule has 60 valence electrons. The second-order valence-corrected chi connectivity index (χ2v) is 1.49. The first-order valence-corrected chi connectivity index (χ1v) is 2.31. The minimum absolute atomic E-state index is 0. The van der Waals surface area contributed by atoms with E-state index in [-0.39, 0.29) is 7.00 Å². The average molecular weight is 148 g/mol. The monoisotopic (exact) mass is 148 g/mol. The smallest absolute Gasteiger partial charge is 0.330 e. The van der Waals surface area contributed by atoms with Crippen LogP contribution in [-0.2, 0) is 4.79 Å². The maximum absolute atomic E-state index is 9.60. The summed E-state index contributed by atoms with van der Waals surface area (Å²) in [5, 5.41) is 7.89. The van der Waals surface area contributed by atoms with Crippen LogP contribution >= 0.6 is 0 Å². The highest BCUT2D eigenvalue weighted by Gasteiger charge is 1.90. The van der Waals surface area contributed by atoms with Gasteiger partial charge in [0.1, 0.15) is 0 Å². The Balaban J connectivity index is -0.000000114. The van der Waals surface area contributed by atoms with Crippen LogP contribution in [0.3, 0.4) is 0 Å². The van der Waals surface area contributed by atoms with Crippen LogP contribution in [0.4, 0.5) is 4.79 Å². The lowest BCUT2D eigenvalue weighted by Crippen LogP contribution is -2.18. The summed E-state index contributed by atoms with van der Waals surface area (Å²) < 4.78 is 0. The summed E-state index contributed by atoms with van der Waals surface area (Å²) in [5.41, 5.74) is 8.68. The molecule has 10 heavy (non-hydrogen) atoms. The van der Waals surface area contributed by atoms with E-state index in [0.717, 1.165) is 0 Å². The Labute approximate surface area is 59.8 Å². The standard InChI is InChI=1S/C4H6O2.CH4N2O.H2/c1-3(2)4(5)6;2-1(3)4;/h1H2,2H3,(H,5,6);(H4,2,3,4);1H. The van der Waals surface area contributed by atoms with Crippen molar-refractivity contribution in [2.24, 2.45) is 11.5 Å². The van der Waals surface area contributed by atoms with Crippen molar-refractivity contribution in [1.82, 2.24) is 0 Å². The molecule has 0 radical (unpaired) electrons. The number of carboxylic acid groups (broad SMARTS) is 1. The van der Waals surface area contributed by atoms with Crippen LogP contribution in [0.5, 0.6) is 0 Å². The van der Waals surface area contributed by atoms with E-state index in [1.54, 1.807) is 0 Å². The fraction of sp³-hybridized carbons (Fsp3) is 0.200. The molecule has 0 atom stereocenters. The zero-order valence-corrected chi connectivity index (χ0v) is 5.63. The zero-order chi connectivity index (χ0) is 8.73. The van der Waals surface area contributed by atoms with Gasteiger partial charge in [-0.3, -0.25) is 0 Å². The van der Waals surface area contributed by atoms with E-state index in [1.807, 2.05) is 0 Å². The maximum Gasteiger partial charge on any atom is 0.330 e. The van der Waals surface area contributed by atoms with Gasteiger partial charge in [0, 0.05) is 7.00 Å². The molecule has 0 aromatic heterocycles. The van der Waals surface area contributed by atoms with Crippen LogP contribution in [0.15, 0.2) is 12.2 Å². The molecule has 0 saturated carbocycles. The molecule has 5 heteroatoms. The number of urea groups is 1. The highest BCUT2D eigenvalue weighted by molar-refractivity contribution is 5.84. The van der Waals surface area contributed by atoms with Crippen molar-refractivity contribution in [3.63, 3.8) is 0 Å². The number of carbonyl (C=O) groups excluding carboxylic acids is 1. The lowest BCUT2D eigenvalue weighted by molar-refractivity contribution is -0.132. The summed E-state index contributed by atoms with van der Waals surface area (Å²) in [6.45, 7) is 4.60. The van der Waals surface area contributed by atoms with Gasteiger partial charge in [0.05, 0.1) is 0 Å². The number of carboxylic acids is 1. The third kappa shape index (κ3) is 31.6. The maximum atomic E-state index is 9.60. The van der Waals surface area contributed by atoms with Gasteiger partial charge in [0.25, 0.3) is 0 Å². The second-order valence-electron chi connectivity index (χ2n) is 1.49. The Morgan fingerprint density at radius 3 is 1.60 bits per heavy atom. The molecule has 0 unspecified atom stereocenters. The van der Waals surface area contributed by atoms with Gasteiger partial charge >= 0.3 is 12.0 Å². The van der Waals surface area contributed by atoms with Gasteiger partial charge in [-0.25, -0.2) is 9.59 Å². The molecular formula is C5H12N2O3. The second kappa shape index (κ2) is 5.61. The molecule has 5 nitrogen and oxygen atoms in total. The molecule has 0 bridgehead atoms. The van der Waals surface area contributed by atoms with Gasteiger partial charge in [-0.2, -0.15) is 0 Å². The predicted molar refractivity (Wildman–Crippen MR) is 38.3 cm³/mol. The summed E-state index contributed by atoms with van der Waals surface area (Å²) in [6.07, 6.45) is 0. The Morgan fingerprint density at radius 2 is 1.60 bits per heavy atom. The van der Waals surface area contributed by atoms with Crippen molar-refractivity contribution in [3.05, 3.63) is 12.2 Å². The van der Waals surface area contributed by atoms with E-state index >= 15 is 0 Å². The summed E-state index contributed by atoms with van der Waals surface area (Å²) in [6, 6.07) is -0.833. The molecular weight excluding hydrogens is 136 g/mol. The van der Waals surface area contributed by atoms with Gasteiger partial charge in [-0.15, -0.1) is 0 Å². The van der Waals surface area contributed by atoms with E-state index in [4.69, 9.17) is 9.90 Å². The van der Waals surface area contributed by atoms with Gasteiger partial charge in [-0.05, 0) is 6.92 Å². The van der Waals surface area contributed by atoms with E-state index in [0.29, 0.717) is 0 Å². The summed E-state index contributed by atoms with van der Waals surface area (Å²) >= 11 is 0. The lowest BCUT2D eigenvalue weighted by Gasteiger charge is -1.79. The largest absolute Gasteiger partial charge is 0.478 e. The van der Waals surface area contributed by atoms with Gasteiger partial charge in [0.15, 0.2) is 0 Å². The quantitative estimate of drug-likeness (QED) is 0.452.